The summed E-state index contributed by atoms with van der Waals surface area (Å²) in [7, 11) is 0. The Morgan fingerprint density at radius 1 is 1.07 bits per heavy atom. The lowest BCUT2D eigenvalue weighted by atomic mass is 9.94. The maximum Gasteiger partial charge on any atom is 0.165 e. The number of aliphatic hydroxyl groups is 1. The Kier molecular flexibility index (Phi) is 5.49. The summed E-state index contributed by atoms with van der Waals surface area (Å²) in [4.78, 5) is 0. The molecule has 0 unspecified atom stereocenters. The van der Waals surface area contributed by atoms with Crippen LogP contribution in [0.5, 0.6) is 0 Å². The number of hydrogen-bond acceptors (Lipinski definition) is 2. The highest BCUT2D eigenvalue weighted by molar-refractivity contribution is 4.72. The van der Waals surface area contributed by atoms with Crippen LogP contribution in [0.15, 0.2) is 0 Å². The van der Waals surface area contributed by atoms with Crippen molar-refractivity contribution in [2.45, 2.75) is 70.5 Å². The molecule has 0 aromatic heterocycles. The molecule has 1 aliphatic rings. The molecule has 0 aliphatic heterocycles. The highest BCUT2D eigenvalue weighted by Gasteiger charge is 2.29. The second-order valence-corrected chi connectivity index (χ2v) is 4.42. The summed E-state index contributed by atoms with van der Waals surface area (Å²) in [6, 6.07) is 0. The maximum atomic E-state index is 10.0. The molecule has 0 saturated heterocycles. The SMILES string of the molecule is CCCCCCOC1(O)CCCCC1. The van der Waals surface area contributed by atoms with E-state index in [1.165, 1.54) is 25.7 Å². The van der Waals surface area contributed by atoms with Gasteiger partial charge in [0.25, 0.3) is 0 Å². The highest BCUT2D eigenvalue weighted by Crippen LogP contribution is 2.29. The standard InChI is InChI=1S/C12H24O2/c1-2-3-4-8-11-14-12(13)9-6-5-7-10-12/h13H,2-11H2,1H3. The number of hydrogen-bond donors (Lipinski definition) is 1. The van der Waals surface area contributed by atoms with Crippen LogP contribution in [0.4, 0.5) is 0 Å². The third-order valence-electron chi connectivity index (χ3n) is 3.00. The van der Waals surface area contributed by atoms with Gasteiger partial charge in [0.05, 0.1) is 6.61 Å². The van der Waals surface area contributed by atoms with Gasteiger partial charge in [-0.2, -0.15) is 0 Å². The first kappa shape index (κ1) is 12.0. The lowest BCUT2D eigenvalue weighted by Gasteiger charge is -2.31. The van der Waals surface area contributed by atoms with Gasteiger partial charge < -0.3 is 9.84 Å². The lowest BCUT2D eigenvalue weighted by molar-refractivity contribution is -0.220. The van der Waals surface area contributed by atoms with E-state index in [9.17, 15) is 5.11 Å². The van der Waals surface area contributed by atoms with Gasteiger partial charge in [0.1, 0.15) is 0 Å². The molecule has 1 fully saturated rings. The van der Waals surface area contributed by atoms with Crippen molar-refractivity contribution in [1.29, 1.82) is 0 Å². The zero-order valence-corrected chi connectivity index (χ0v) is 9.43. The molecule has 0 amide bonds. The highest BCUT2D eigenvalue weighted by atomic mass is 16.6. The van der Waals surface area contributed by atoms with E-state index >= 15 is 0 Å². The van der Waals surface area contributed by atoms with Crippen molar-refractivity contribution in [3.8, 4) is 0 Å². The Bertz CT molecular complexity index is 139. The topological polar surface area (TPSA) is 29.5 Å². The molecule has 0 bridgehead atoms. The van der Waals surface area contributed by atoms with E-state index in [1.54, 1.807) is 0 Å². The number of unbranched alkanes of at least 4 members (excludes halogenated alkanes) is 3. The van der Waals surface area contributed by atoms with Gasteiger partial charge in [-0.1, -0.05) is 32.6 Å². The van der Waals surface area contributed by atoms with Gasteiger partial charge in [-0.05, 0) is 19.3 Å². The van der Waals surface area contributed by atoms with Crippen molar-refractivity contribution in [3.05, 3.63) is 0 Å². The minimum absolute atomic E-state index is 0.733. The zero-order valence-electron chi connectivity index (χ0n) is 9.43. The lowest BCUT2D eigenvalue weighted by Crippen LogP contribution is -2.34. The summed E-state index contributed by atoms with van der Waals surface area (Å²) in [5.74, 6) is -0.773. The van der Waals surface area contributed by atoms with Crippen LogP contribution in [0.3, 0.4) is 0 Å². The summed E-state index contributed by atoms with van der Waals surface area (Å²) in [6.07, 6.45) is 10.0. The first-order chi connectivity index (χ1) is 6.77. The molecule has 1 saturated carbocycles. The largest absolute Gasteiger partial charge is 0.365 e. The molecule has 0 atom stereocenters. The van der Waals surface area contributed by atoms with Crippen molar-refractivity contribution in [2.24, 2.45) is 0 Å². The summed E-state index contributed by atoms with van der Waals surface area (Å²) in [6.45, 7) is 2.94. The van der Waals surface area contributed by atoms with Gasteiger partial charge in [-0.3, -0.25) is 0 Å². The van der Waals surface area contributed by atoms with E-state index in [0.29, 0.717) is 0 Å². The fourth-order valence-corrected chi connectivity index (χ4v) is 2.04. The Hall–Kier alpha value is -0.0800. The second-order valence-electron chi connectivity index (χ2n) is 4.42. The molecular formula is C12H24O2. The molecule has 2 nitrogen and oxygen atoms in total. The summed E-state index contributed by atoms with van der Waals surface area (Å²) >= 11 is 0. The van der Waals surface area contributed by atoms with Gasteiger partial charge in [-0.15, -0.1) is 0 Å². The van der Waals surface area contributed by atoms with Crippen LogP contribution in [0.25, 0.3) is 0 Å². The third kappa shape index (κ3) is 4.43. The van der Waals surface area contributed by atoms with E-state index in [0.717, 1.165) is 38.7 Å². The van der Waals surface area contributed by atoms with Crippen LogP contribution < -0.4 is 0 Å². The number of ether oxygens (including phenoxy) is 1. The minimum Gasteiger partial charge on any atom is -0.365 e. The number of rotatable bonds is 6. The van der Waals surface area contributed by atoms with Gasteiger partial charge >= 0.3 is 0 Å². The van der Waals surface area contributed by atoms with Gasteiger partial charge in [-0.25, -0.2) is 0 Å². The molecular weight excluding hydrogens is 176 g/mol. The smallest absolute Gasteiger partial charge is 0.165 e. The van der Waals surface area contributed by atoms with E-state index in [1.807, 2.05) is 0 Å². The Labute approximate surface area is 87.7 Å². The van der Waals surface area contributed by atoms with Gasteiger partial charge in [0.2, 0.25) is 0 Å². The maximum absolute atomic E-state index is 10.0. The summed E-state index contributed by atoms with van der Waals surface area (Å²) < 4.78 is 5.57. The fraction of sp³-hybridized carbons (Fsp3) is 1.00. The average Bonchev–Trinajstić information content (AvgIpc) is 2.18. The first-order valence-electron chi connectivity index (χ1n) is 6.13. The van der Waals surface area contributed by atoms with Crippen LogP contribution in [0, 0.1) is 0 Å². The summed E-state index contributed by atoms with van der Waals surface area (Å²) in [5, 5.41) is 10.0. The van der Waals surface area contributed by atoms with Crippen molar-refractivity contribution in [1.82, 2.24) is 0 Å². The van der Waals surface area contributed by atoms with Crippen LogP contribution in [-0.4, -0.2) is 17.5 Å². The predicted octanol–water partition coefficient (Wildman–Crippen LogP) is 3.24. The molecule has 1 rings (SSSR count). The monoisotopic (exact) mass is 200 g/mol. The third-order valence-corrected chi connectivity index (χ3v) is 3.00. The average molecular weight is 200 g/mol. The fourth-order valence-electron chi connectivity index (χ4n) is 2.04. The Morgan fingerprint density at radius 2 is 1.79 bits per heavy atom. The van der Waals surface area contributed by atoms with Crippen LogP contribution in [0.1, 0.15) is 64.7 Å². The van der Waals surface area contributed by atoms with Crippen LogP contribution in [0.2, 0.25) is 0 Å². The molecule has 2 heteroatoms. The molecule has 84 valence electrons. The molecule has 0 spiro atoms. The minimum atomic E-state index is -0.773. The van der Waals surface area contributed by atoms with Crippen molar-refractivity contribution in [3.63, 3.8) is 0 Å². The van der Waals surface area contributed by atoms with Gasteiger partial charge in [0, 0.05) is 12.8 Å². The van der Waals surface area contributed by atoms with Gasteiger partial charge in [0.15, 0.2) is 5.79 Å². The molecule has 0 aromatic carbocycles. The molecule has 0 radical (unpaired) electrons. The molecule has 0 aromatic rings. The predicted molar refractivity (Wildman–Crippen MR) is 58.1 cm³/mol. The first-order valence-corrected chi connectivity index (χ1v) is 6.13. The summed E-state index contributed by atoms with van der Waals surface area (Å²) in [5.41, 5.74) is 0. The van der Waals surface area contributed by atoms with Crippen molar-refractivity contribution < 1.29 is 9.84 Å². The molecule has 1 aliphatic carbocycles. The van der Waals surface area contributed by atoms with Crippen molar-refractivity contribution in [2.75, 3.05) is 6.61 Å². The molecule has 1 N–H and O–H groups in total. The van der Waals surface area contributed by atoms with E-state index in [-0.39, 0.29) is 0 Å². The van der Waals surface area contributed by atoms with E-state index in [4.69, 9.17) is 4.74 Å². The van der Waals surface area contributed by atoms with Crippen LogP contribution >= 0.6 is 0 Å². The van der Waals surface area contributed by atoms with E-state index in [2.05, 4.69) is 6.92 Å². The Morgan fingerprint density at radius 3 is 2.43 bits per heavy atom. The second kappa shape index (κ2) is 6.41. The van der Waals surface area contributed by atoms with E-state index < -0.39 is 5.79 Å². The molecule has 0 heterocycles. The quantitative estimate of drug-likeness (QED) is 0.527. The van der Waals surface area contributed by atoms with Crippen molar-refractivity contribution >= 4 is 0 Å². The molecule has 14 heavy (non-hydrogen) atoms. The normalized spacial score (nSPS) is 21.0. The van der Waals surface area contributed by atoms with Crippen LogP contribution in [-0.2, 0) is 4.74 Å². The zero-order chi connectivity index (χ0) is 10.3. The Balaban J connectivity index is 2.03.